The molecule has 1 heterocycles. The van der Waals surface area contributed by atoms with Crippen molar-refractivity contribution in [3.05, 3.63) is 59.9 Å². The third-order valence-corrected chi connectivity index (χ3v) is 2.40. The van der Waals surface area contributed by atoms with Crippen molar-refractivity contribution in [2.45, 2.75) is 6.54 Å². The number of benzene rings is 1. The van der Waals surface area contributed by atoms with E-state index in [9.17, 15) is 4.79 Å². The third kappa shape index (κ3) is 2.87. The van der Waals surface area contributed by atoms with Gasteiger partial charge in [0.1, 0.15) is 0 Å². The second kappa shape index (κ2) is 5.21. The van der Waals surface area contributed by atoms with Crippen LogP contribution in [0.1, 0.15) is 16.1 Å². The maximum Gasteiger partial charge on any atom is 0.274 e. The molecule has 2 aromatic rings. The summed E-state index contributed by atoms with van der Waals surface area (Å²) in [5.41, 5.74) is 1.46. The van der Waals surface area contributed by atoms with Gasteiger partial charge in [0.15, 0.2) is 5.69 Å². The van der Waals surface area contributed by atoms with Crippen LogP contribution in [0.15, 0.2) is 48.7 Å². The zero-order valence-electron chi connectivity index (χ0n) is 9.58. The van der Waals surface area contributed by atoms with Gasteiger partial charge in [-0.15, -0.1) is 5.10 Å². The van der Waals surface area contributed by atoms with Crippen LogP contribution >= 0.6 is 0 Å². The number of aromatic nitrogens is 2. The monoisotopic (exact) mass is 227 g/mol. The van der Waals surface area contributed by atoms with Crippen molar-refractivity contribution in [1.29, 1.82) is 0 Å². The first-order valence-electron chi connectivity index (χ1n) is 5.34. The predicted molar refractivity (Wildman–Crippen MR) is 64.3 cm³/mol. The smallest absolute Gasteiger partial charge is 0.274 e. The van der Waals surface area contributed by atoms with E-state index in [-0.39, 0.29) is 5.91 Å². The Morgan fingerprint density at radius 1 is 1.18 bits per heavy atom. The maximum atomic E-state index is 12.0. The summed E-state index contributed by atoms with van der Waals surface area (Å²) in [5.74, 6) is -0.123. The molecule has 0 N–H and O–H groups in total. The van der Waals surface area contributed by atoms with Gasteiger partial charge in [0.05, 0.1) is 0 Å². The van der Waals surface area contributed by atoms with Crippen LogP contribution in [0.2, 0.25) is 0 Å². The van der Waals surface area contributed by atoms with Gasteiger partial charge >= 0.3 is 0 Å². The molecule has 1 aromatic heterocycles. The van der Waals surface area contributed by atoms with Crippen LogP contribution in [0.4, 0.5) is 0 Å². The van der Waals surface area contributed by atoms with E-state index in [1.807, 2.05) is 30.3 Å². The molecule has 0 unspecified atom stereocenters. The number of nitrogens with zero attached hydrogens (tertiary/aromatic N) is 3. The summed E-state index contributed by atoms with van der Waals surface area (Å²) in [6.45, 7) is 0.566. The van der Waals surface area contributed by atoms with Crippen LogP contribution < -0.4 is 0 Å². The lowest BCUT2D eigenvalue weighted by molar-refractivity contribution is 0.0778. The quantitative estimate of drug-likeness (QED) is 0.802. The molecule has 0 saturated carbocycles. The van der Waals surface area contributed by atoms with Crippen LogP contribution in [0.25, 0.3) is 0 Å². The second-order valence-corrected chi connectivity index (χ2v) is 3.76. The number of hydrogen-bond donors (Lipinski definition) is 0. The average molecular weight is 227 g/mol. The zero-order chi connectivity index (χ0) is 12.1. The van der Waals surface area contributed by atoms with Crippen LogP contribution in [0.5, 0.6) is 0 Å². The Morgan fingerprint density at radius 2 is 1.94 bits per heavy atom. The zero-order valence-corrected chi connectivity index (χ0v) is 9.58. The van der Waals surface area contributed by atoms with Gasteiger partial charge in [0, 0.05) is 19.8 Å². The summed E-state index contributed by atoms with van der Waals surface area (Å²) in [4.78, 5) is 13.6. The minimum Gasteiger partial charge on any atom is -0.336 e. The first-order chi connectivity index (χ1) is 8.27. The highest BCUT2D eigenvalue weighted by atomic mass is 16.2. The molecule has 0 atom stereocenters. The van der Waals surface area contributed by atoms with E-state index in [0.29, 0.717) is 12.2 Å². The van der Waals surface area contributed by atoms with Gasteiger partial charge in [-0.1, -0.05) is 30.3 Å². The van der Waals surface area contributed by atoms with Crippen molar-refractivity contribution >= 4 is 5.91 Å². The van der Waals surface area contributed by atoms with Crippen LogP contribution in [0.3, 0.4) is 0 Å². The van der Waals surface area contributed by atoms with Crippen molar-refractivity contribution < 1.29 is 4.79 Å². The molecule has 17 heavy (non-hydrogen) atoms. The van der Waals surface area contributed by atoms with Gasteiger partial charge in [0.2, 0.25) is 0 Å². The van der Waals surface area contributed by atoms with E-state index in [4.69, 9.17) is 0 Å². The van der Waals surface area contributed by atoms with Crippen LogP contribution in [-0.4, -0.2) is 28.1 Å². The van der Waals surface area contributed by atoms with Gasteiger partial charge in [-0.05, 0) is 17.7 Å². The molecule has 1 aromatic carbocycles. The summed E-state index contributed by atoms with van der Waals surface area (Å²) < 4.78 is 0. The Balaban J connectivity index is 2.06. The van der Waals surface area contributed by atoms with Crippen molar-refractivity contribution in [1.82, 2.24) is 15.1 Å². The van der Waals surface area contributed by atoms with Crippen molar-refractivity contribution in [3.8, 4) is 0 Å². The highest BCUT2D eigenvalue weighted by molar-refractivity contribution is 5.91. The molecule has 0 saturated heterocycles. The minimum absolute atomic E-state index is 0.123. The van der Waals surface area contributed by atoms with E-state index in [1.54, 1.807) is 30.3 Å². The predicted octanol–water partition coefficient (Wildman–Crippen LogP) is 1.75. The van der Waals surface area contributed by atoms with E-state index < -0.39 is 0 Å². The fraction of sp³-hybridized carbons (Fsp3) is 0.154. The van der Waals surface area contributed by atoms with Crippen molar-refractivity contribution in [2.75, 3.05) is 7.05 Å². The largest absolute Gasteiger partial charge is 0.336 e. The van der Waals surface area contributed by atoms with Crippen LogP contribution in [0, 0.1) is 0 Å². The number of carbonyl (C=O) groups is 1. The summed E-state index contributed by atoms with van der Waals surface area (Å²) in [5, 5.41) is 7.50. The lowest BCUT2D eigenvalue weighted by Crippen LogP contribution is -2.27. The fourth-order valence-electron chi connectivity index (χ4n) is 1.54. The molecule has 1 amide bonds. The molecule has 0 fully saturated rings. The summed E-state index contributed by atoms with van der Waals surface area (Å²) in [6.07, 6.45) is 1.55. The Hall–Kier alpha value is -2.23. The first kappa shape index (κ1) is 11.3. The molecule has 0 aliphatic heterocycles. The number of rotatable bonds is 3. The maximum absolute atomic E-state index is 12.0. The molecule has 4 heteroatoms. The number of hydrogen-bond acceptors (Lipinski definition) is 3. The Bertz CT molecular complexity index is 485. The highest BCUT2D eigenvalue weighted by Gasteiger charge is 2.12. The Labute approximate surface area is 99.9 Å². The highest BCUT2D eigenvalue weighted by Crippen LogP contribution is 2.05. The molecule has 0 radical (unpaired) electrons. The molecular weight excluding hydrogens is 214 g/mol. The van der Waals surface area contributed by atoms with E-state index in [2.05, 4.69) is 10.2 Å². The third-order valence-electron chi connectivity index (χ3n) is 2.40. The lowest BCUT2D eigenvalue weighted by Gasteiger charge is -2.16. The van der Waals surface area contributed by atoms with Crippen molar-refractivity contribution in [3.63, 3.8) is 0 Å². The summed E-state index contributed by atoms with van der Waals surface area (Å²) >= 11 is 0. The summed E-state index contributed by atoms with van der Waals surface area (Å²) in [6, 6.07) is 13.2. The second-order valence-electron chi connectivity index (χ2n) is 3.76. The molecule has 4 nitrogen and oxygen atoms in total. The van der Waals surface area contributed by atoms with Gasteiger partial charge < -0.3 is 4.90 Å². The average Bonchev–Trinajstić information content (AvgIpc) is 2.40. The number of carbonyl (C=O) groups excluding carboxylic acids is 1. The normalized spacial score (nSPS) is 9.94. The molecule has 0 aliphatic carbocycles. The topological polar surface area (TPSA) is 46.1 Å². The molecule has 0 spiro atoms. The Kier molecular flexibility index (Phi) is 3.45. The summed E-state index contributed by atoms with van der Waals surface area (Å²) in [7, 11) is 1.75. The van der Waals surface area contributed by atoms with Gasteiger partial charge in [-0.3, -0.25) is 4.79 Å². The van der Waals surface area contributed by atoms with Gasteiger partial charge in [0.25, 0.3) is 5.91 Å². The SMILES string of the molecule is CN(Cc1ccccc1)C(=O)c1cccnn1. The number of amides is 1. The fourth-order valence-corrected chi connectivity index (χ4v) is 1.54. The lowest BCUT2D eigenvalue weighted by atomic mass is 10.2. The van der Waals surface area contributed by atoms with Crippen LogP contribution in [-0.2, 0) is 6.54 Å². The van der Waals surface area contributed by atoms with E-state index in [1.165, 1.54) is 0 Å². The Morgan fingerprint density at radius 3 is 2.59 bits per heavy atom. The first-order valence-corrected chi connectivity index (χ1v) is 5.34. The molecular formula is C13H13N3O. The van der Waals surface area contributed by atoms with Gasteiger partial charge in [-0.2, -0.15) is 5.10 Å². The molecule has 86 valence electrons. The molecule has 0 bridgehead atoms. The van der Waals surface area contributed by atoms with Crippen molar-refractivity contribution in [2.24, 2.45) is 0 Å². The standard InChI is InChI=1S/C13H13N3O/c1-16(10-11-6-3-2-4-7-11)13(17)12-8-5-9-14-15-12/h2-9H,10H2,1H3. The van der Waals surface area contributed by atoms with Gasteiger partial charge in [-0.25, -0.2) is 0 Å². The van der Waals surface area contributed by atoms with E-state index in [0.717, 1.165) is 5.56 Å². The van der Waals surface area contributed by atoms with E-state index >= 15 is 0 Å². The molecule has 0 aliphatic rings. The minimum atomic E-state index is -0.123. The molecule has 2 rings (SSSR count).